The minimum atomic E-state index is -3.40. The van der Waals surface area contributed by atoms with Gasteiger partial charge in [-0.15, -0.1) is 0 Å². The van der Waals surface area contributed by atoms with Gasteiger partial charge in [0.1, 0.15) is 9.84 Å². The van der Waals surface area contributed by atoms with Crippen molar-refractivity contribution in [2.75, 3.05) is 12.0 Å². The van der Waals surface area contributed by atoms with Gasteiger partial charge in [0, 0.05) is 6.26 Å². The molecule has 1 heterocycles. The van der Waals surface area contributed by atoms with Crippen molar-refractivity contribution < 1.29 is 12.8 Å². The van der Waals surface area contributed by atoms with Crippen molar-refractivity contribution in [2.45, 2.75) is 13.0 Å². The molecule has 0 radical (unpaired) electrons. The summed E-state index contributed by atoms with van der Waals surface area (Å²) in [7, 11) is -3.40. The van der Waals surface area contributed by atoms with E-state index in [9.17, 15) is 22.4 Å². The summed E-state index contributed by atoms with van der Waals surface area (Å²) in [5.41, 5.74) is -2.19. The van der Waals surface area contributed by atoms with Crippen molar-refractivity contribution in [1.82, 2.24) is 9.55 Å². The van der Waals surface area contributed by atoms with Crippen LogP contribution in [0.2, 0.25) is 5.15 Å². The van der Waals surface area contributed by atoms with Crippen LogP contribution in [-0.2, 0) is 9.84 Å². The number of aromatic nitrogens is 2. The Morgan fingerprint density at radius 1 is 1.47 bits per heavy atom. The van der Waals surface area contributed by atoms with Crippen molar-refractivity contribution in [3.63, 3.8) is 0 Å². The summed E-state index contributed by atoms with van der Waals surface area (Å²) in [5.74, 6) is -1.76. The standard InChI is InChI=1S/C8H10ClFN2O4S/c1-4(3-17(2,15)16)12-7(13)5(10)6(9)11-8(12)14/h4H,3H2,1-2H3,(H,11,14). The lowest BCUT2D eigenvalue weighted by Gasteiger charge is -2.12. The van der Waals surface area contributed by atoms with E-state index in [0.29, 0.717) is 4.57 Å². The Bertz CT molecular complexity index is 648. The van der Waals surface area contributed by atoms with Gasteiger partial charge < -0.3 is 0 Å². The molecule has 0 saturated carbocycles. The van der Waals surface area contributed by atoms with Gasteiger partial charge in [0.2, 0.25) is 5.82 Å². The minimum absolute atomic E-state index is 0.447. The average molecular weight is 285 g/mol. The van der Waals surface area contributed by atoms with Crippen molar-refractivity contribution >= 4 is 21.4 Å². The summed E-state index contributed by atoms with van der Waals surface area (Å²) >= 11 is 5.27. The smallest absolute Gasteiger partial charge is 0.295 e. The van der Waals surface area contributed by atoms with Crippen LogP contribution >= 0.6 is 11.6 Å². The molecule has 0 amide bonds. The molecule has 0 aliphatic rings. The largest absolute Gasteiger partial charge is 0.329 e. The van der Waals surface area contributed by atoms with Crippen LogP contribution in [0.1, 0.15) is 13.0 Å². The number of nitrogens with zero attached hydrogens (tertiary/aromatic N) is 1. The molecule has 0 aliphatic heterocycles. The van der Waals surface area contributed by atoms with Crippen molar-refractivity contribution in [3.05, 3.63) is 31.8 Å². The summed E-state index contributed by atoms with van der Waals surface area (Å²) in [6.45, 7) is 1.32. The van der Waals surface area contributed by atoms with Crippen LogP contribution in [0.15, 0.2) is 9.59 Å². The zero-order chi connectivity index (χ0) is 13.4. The molecule has 0 spiro atoms. The fourth-order valence-electron chi connectivity index (χ4n) is 1.41. The number of rotatable bonds is 3. The maximum Gasteiger partial charge on any atom is 0.329 e. The molecule has 9 heteroatoms. The highest BCUT2D eigenvalue weighted by Gasteiger charge is 2.19. The molecule has 1 aromatic rings. The molecule has 1 unspecified atom stereocenters. The fraction of sp³-hybridized carbons (Fsp3) is 0.500. The van der Waals surface area contributed by atoms with Crippen molar-refractivity contribution in [1.29, 1.82) is 0 Å². The van der Waals surface area contributed by atoms with Gasteiger partial charge in [-0.2, -0.15) is 4.39 Å². The molecular weight excluding hydrogens is 275 g/mol. The Morgan fingerprint density at radius 2 is 2.00 bits per heavy atom. The highest BCUT2D eigenvalue weighted by atomic mass is 35.5. The lowest BCUT2D eigenvalue weighted by atomic mass is 10.4. The van der Waals surface area contributed by atoms with Gasteiger partial charge >= 0.3 is 5.69 Å². The SMILES string of the molecule is CC(CS(C)(=O)=O)n1c(=O)[nH]c(Cl)c(F)c1=O. The van der Waals surface area contributed by atoms with E-state index in [1.54, 1.807) is 0 Å². The van der Waals surface area contributed by atoms with E-state index >= 15 is 0 Å². The number of aromatic amines is 1. The second-order valence-electron chi connectivity index (χ2n) is 3.67. The molecule has 0 bridgehead atoms. The third-order valence-corrected chi connectivity index (χ3v) is 3.37. The van der Waals surface area contributed by atoms with Gasteiger partial charge in [-0.05, 0) is 6.92 Å². The van der Waals surface area contributed by atoms with E-state index in [1.807, 2.05) is 4.98 Å². The quantitative estimate of drug-likeness (QED) is 0.787. The number of H-pyrrole nitrogens is 1. The van der Waals surface area contributed by atoms with Gasteiger partial charge in [0.05, 0.1) is 11.8 Å². The summed E-state index contributed by atoms with van der Waals surface area (Å²) in [6, 6.07) is -0.979. The summed E-state index contributed by atoms with van der Waals surface area (Å²) < 4.78 is 35.8. The minimum Gasteiger partial charge on any atom is -0.295 e. The van der Waals surface area contributed by atoms with Gasteiger partial charge in [-0.1, -0.05) is 11.6 Å². The second-order valence-corrected chi connectivity index (χ2v) is 6.24. The predicted molar refractivity (Wildman–Crippen MR) is 60.7 cm³/mol. The van der Waals surface area contributed by atoms with Crippen LogP contribution in [0.3, 0.4) is 0 Å². The Balaban J connectivity index is 3.38. The van der Waals surface area contributed by atoms with Crippen LogP contribution in [0.25, 0.3) is 0 Å². The summed E-state index contributed by atoms with van der Waals surface area (Å²) in [4.78, 5) is 24.7. The number of nitrogens with one attached hydrogen (secondary N) is 1. The van der Waals surface area contributed by atoms with Crippen LogP contribution in [0, 0.1) is 5.82 Å². The topological polar surface area (TPSA) is 89.0 Å². The maximum absolute atomic E-state index is 13.2. The molecule has 0 fully saturated rings. The number of hydrogen-bond acceptors (Lipinski definition) is 4. The van der Waals surface area contributed by atoms with Gasteiger partial charge in [-0.25, -0.2) is 13.2 Å². The third kappa shape index (κ3) is 3.16. The van der Waals surface area contributed by atoms with Crippen molar-refractivity contribution in [3.8, 4) is 0 Å². The number of halogens is 2. The van der Waals surface area contributed by atoms with Crippen LogP contribution in [0.5, 0.6) is 0 Å². The Morgan fingerprint density at radius 3 is 2.47 bits per heavy atom. The van der Waals surface area contributed by atoms with Crippen LogP contribution in [-0.4, -0.2) is 30.0 Å². The number of hydrogen-bond donors (Lipinski definition) is 1. The highest BCUT2D eigenvalue weighted by molar-refractivity contribution is 7.90. The first-order chi connectivity index (χ1) is 7.63. The molecule has 96 valence electrons. The number of sulfone groups is 1. The molecule has 0 aliphatic carbocycles. The molecule has 0 aromatic carbocycles. The zero-order valence-electron chi connectivity index (χ0n) is 9.03. The molecule has 1 rings (SSSR count). The molecule has 17 heavy (non-hydrogen) atoms. The monoisotopic (exact) mass is 284 g/mol. The normalized spacial score (nSPS) is 13.6. The van der Waals surface area contributed by atoms with Crippen LogP contribution < -0.4 is 11.2 Å². The Hall–Kier alpha value is -1.15. The molecular formula is C8H10ClFN2O4S. The average Bonchev–Trinajstić information content (AvgIpc) is 2.11. The van der Waals surface area contributed by atoms with Gasteiger partial charge in [0.15, 0.2) is 5.15 Å². The Labute approximate surface area is 101 Å². The second kappa shape index (κ2) is 4.61. The van der Waals surface area contributed by atoms with Gasteiger partial charge in [-0.3, -0.25) is 14.3 Å². The molecule has 1 atom stereocenters. The first kappa shape index (κ1) is 13.9. The lowest BCUT2D eigenvalue weighted by Crippen LogP contribution is -2.41. The highest BCUT2D eigenvalue weighted by Crippen LogP contribution is 2.07. The predicted octanol–water partition coefficient (Wildman–Crippen LogP) is -0.0653. The van der Waals surface area contributed by atoms with Crippen molar-refractivity contribution in [2.24, 2.45) is 0 Å². The van der Waals surface area contributed by atoms with E-state index in [2.05, 4.69) is 0 Å². The van der Waals surface area contributed by atoms with E-state index in [4.69, 9.17) is 11.6 Å². The third-order valence-electron chi connectivity index (χ3n) is 2.02. The molecule has 6 nitrogen and oxygen atoms in total. The first-order valence-corrected chi connectivity index (χ1v) is 6.95. The summed E-state index contributed by atoms with van der Waals surface area (Å²) in [6.07, 6.45) is 0.953. The zero-order valence-corrected chi connectivity index (χ0v) is 10.6. The Kier molecular flexibility index (Phi) is 3.78. The van der Waals surface area contributed by atoms with E-state index in [1.165, 1.54) is 6.92 Å². The van der Waals surface area contributed by atoms with E-state index < -0.39 is 43.9 Å². The van der Waals surface area contributed by atoms with Crippen LogP contribution in [0.4, 0.5) is 4.39 Å². The molecule has 0 saturated heterocycles. The summed E-state index contributed by atoms with van der Waals surface area (Å²) in [5, 5.41) is -0.692. The fourth-order valence-corrected chi connectivity index (χ4v) is 2.60. The molecule has 1 N–H and O–H groups in total. The maximum atomic E-state index is 13.2. The first-order valence-electron chi connectivity index (χ1n) is 4.51. The van der Waals surface area contributed by atoms with E-state index in [-0.39, 0.29) is 0 Å². The molecule has 1 aromatic heterocycles. The van der Waals surface area contributed by atoms with Gasteiger partial charge in [0.25, 0.3) is 5.56 Å². The lowest BCUT2D eigenvalue weighted by molar-refractivity contribution is 0.492. The van der Waals surface area contributed by atoms with E-state index in [0.717, 1.165) is 6.26 Å².